The molecule has 3 heteroatoms. The van der Waals surface area contributed by atoms with Crippen LogP contribution < -0.4 is 5.73 Å². The lowest BCUT2D eigenvalue weighted by Crippen LogP contribution is -2.36. The summed E-state index contributed by atoms with van der Waals surface area (Å²) in [5.74, 6) is 0.765. The summed E-state index contributed by atoms with van der Waals surface area (Å²) in [7, 11) is 0. The van der Waals surface area contributed by atoms with Crippen molar-refractivity contribution >= 4 is 11.6 Å². The lowest BCUT2D eigenvalue weighted by molar-refractivity contribution is 0.192. The normalized spacial score (nSPS) is 26.5. The molecular weight excluding hydrogens is 244 g/mol. The van der Waals surface area contributed by atoms with E-state index in [4.69, 9.17) is 17.3 Å². The highest BCUT2D eigenvalue weighted by atomic mass is 35.5. The zero-order valence-corrected chi connectivity index (χ0v) is 12.2. The number of likely N-dealkylation sites (tertiary alicyclic amines) is 1. The Bertz CT molecular complexity index is 419. The zero-order valence-electron chi connectivity index (χ0n) is 11.5. The Labute approximate surface area is 115 Å². The van der Waals surface area contributed by atoms with Crippen LogP contribution in [0, 0.1) is 12.8 Å². The minimum Gasteiger partial charge on any atom is -0.329 e. The molecule has 1 aliphatic rings. The maximum Gasteiger partial charge on any atom is 0.0476 e. The van der Waals surface area contributed by atoms with Gasteiger partial charge in [-0.25, -0.2) is 0 Å². The molecule has 2 rings (SSSR count). The molecule has 0 saturated carbocycles. The standard InChI is InChI=1S/C15H23ClN2/c1-10-6-12(3)18(9-10)15(8-17)14-5-4-13(16)7-11(14)2/h4-5,7,10,12,15H,6,8-9,17H2,1-3H3. The molecule has 0 amide bonds. The Kier molecular flexibility index (Phi) is 4.31. The molecule has 1 saturated heterocycles. The van der Waals surface area contributed by atoms with E-state index in [0.717, 1.165) is 17.5 Å². The molecular formula is C15H23ClN2. The highest BCUT2D eigenvalue weighted by Crippen LogP contribution is 2.33. The summed E-state index contributed by atoms with van der Waals surface area (Å²) in [5.41, 5.74) is 8.59. The SMILES string of the molecule is Cc1cc(Cl)ccc1C(CN)N1CC(C)CC1C. The van der Waals surface area contributed by atoms with Gasteiger partial charge in [0.25, 0.3) is 0 Å². The summed E-state index contributed by atoms with van der Waals surface area (Å²) in [4.78, 5) is 2.54. The van der Waals surface area contributed by atoms with Crippen LogP contribution in [0.2, 0.25) is 5.02 Å². The summed E-state index contributed by atoms with van der Waals surface area (Å²) in [6, 6.07) is 7.07. The first kappa shape index (κ1) is 13.9. The molecule has 2 N–H and O–H groups in total. The molecule has 0 bridgehead atoms. The van der Waals surface area contributed by atoms with E-state index in [-0.39, 0.29) is 0 Å². The first-order valence-corrected chi connectivity index (χ1v) is 7.12. The van der Waals surface area contributed by atoms with Crippen LogP contribution in [-0.2, 0) is 0 Å². The fraction of sp³-hybridized carbons (Fsp3) is 0.600. The minimum atomic E-state index is 0.321. The third kappa shape index (κ3) is 2.71. The van der Waals surface area contributed by atoms with Crippen molar-refractivity contribution in [3.05, 3.63) is 34.3 Å². The van der Waals surface area contributed by atoms with E-state index in [0.29, 0.717) is 18.6 Å². The third-order valence-electron chi connectivity index (χ3n) is 4.05. The number of benzene rings is 1. The number of hydrogen-bond acceptors (Lipinski definition) is 2. The second-order valence-electron chi connectivity index (χ2n) is 5.64. The van der Waals surface area contributed by atoms with Gasteiger partial charge in [0.05, 0.1) is 0 Å². The Morgan fingerprint density at radius 2 is 2.17 bits per heavy atom. The molecule has 0 aromatic heterocycles. The maximum absolute atomic E-state index is 6.03. The first-order chi connectivity index (χ1) is 8.52. The molecule has 18 heavy (non-hydrogen) atoms. The first-order valence-electron chi connectivity index (χ1n) is 6.74. The van der Waals surface area contributed by atoms with Crippen molar-refractivity contribution in [3.8, 4) is 0 Å². The highest BCUT2D eigenvalue weighted by molar-refractivity contribution is 6.30. The van der Waals surface area contributed by atoms with Crippen molar-refractivity contribution in [1.29, 1.82) is 0 Å². The van der Waals surface area contributed by atoms with Gasteiger partial charge in [-0.05, 0) is 49.4 Å². The van der Waals surface area contributed by atoms with Crippen molar-refractivity contribution in [3.63, 3.8) is 0 Å². The van der Waals surface area contributed by atoms with Crippen LogP contribution in [0.25, 0.3) is 0 Å². The van der Waals surface area contributed by atoms with Gasteiger partial charge in [-0.1, -0.05) is 24.6 Å². The van der Waals surface area contributed by atoms with E-state index < -0.39 is 0 Å². The quantitative estimate of drug-likeness (QED) is 0.909. The van der Waals surface area contributed by atoms with E-state index in [1.165, 1.54) is 17.5 Å². The van der Waals surface area contributed by atoms with Gasteiger partial charge in [-0.2, -0.15) is 0 Å². The molecule has 1 aliphatic heterocycles. The van der Waals surface area contributed by atoms with Crippen LogP contribution in [0.5, 0.6) is 0 Å². The molecule has 0 radical (unpaired) electrons. The minimum absolute atomic E-state index is 0.321. The topological polar surface area (TPSA) is 29.3 Å². The molecule has 100 valence electrons. The Balaban J connectivity index is 2.28. The van der Waals surface area contributed by atoms with Crippen molar-refractivity contribution in [2.75, 3.05) is 13.1 Å². The largest absolute Gasteiger partial charge is 0.329 e. The molecule has 1 aromatic rings. The van der Waals surface area contributed by atoms with Gasteiger partial charge in [0, 0.05) is 30.2 Å². The molecule has 0 spiro atoms. The Morgan fingerprint density at radius 3 is 2.67 bits per heavy atom. The van der Waals surface area contributed by atoms with E-state index in [2.05, 4.69) is 31.7 Å². The molecule has 3 atom stereocenters. The summed E-state index contributed by atoms with van der Waals surface area (Å²) in [6.07, 6.45) is 1.27. The van der Waals surface area contributed by atoms with Gasteiger partial charge in [0.1, 0.15) is 0 Å². The number of rotatable bonds is 3. The predicted molar refractivity (Wildman–Crippen MR) is 77.9 cm³/mol. The Morgan fingerprint density at radius 1 is 1.44 bits per heavy atom. The summed E-state index contributed by atoms with van der Waals surface area (Å²) < 4.78 is 0. The van der Waals surface area contributed by atoms with Gasteiger partial charge in [0.2, 0.25) is 0 Å². The lowest BCUT2D eigenvalue weighted by atomic mass is 9.99. The smallest absolute Gasteiger partial charge is 0.0476 e. The summed E-state index contributed by atoms with van der Waals surface area (Å²) in [5, 5.41) is 0.801. The molecule has 3 unspecified atom stereocenters. The number of halogens is 1. The summed E-state index contributed by atoms with van der Waals surface area (Å²) >= 11 is 6.03. The monoisotopic (exact) mass is 266 g/mol. The Hall–Kier alpha value is -0.570. The van der Waals surface area contributed by atoms with Crippen molar-refractivity contribution in [2.24, 2.45) is 11.7 Å². The molecule has 0 aliphatic carbocycles. The van der Waals surface area contributed by atoms with E-state index >= 15 is 0 Å². The number of nitrogens with zero attached hydrogens (tertiary/aromatic N) is 1. The number of hydrogen-bond donors (Lipinski definition) is 1. The van der Waals surface area contributed by atoms with Crippen LogP contribution in [0.1, 0.15) is 37.4 Å². The van der Waals surface area contributed by atoms with E-state index in [9.17, 15) is 0 Å². The van der Waals surface area contributed by atoms with Crippen molar-refractivity contribution in [1.82, 2.24) is 4.90 Å². The van der Waals surface area contributed by atoms with Gasteiger partial charge < -0.3 is 5.73 Å². The molecule has 1 fully saturated rings. The lowest BCUT2D eigenvalue weighted by Gasteiger charge is -2.32. The highest BCUT2D eigenvalue weighted by Gasteiger charge is 2.32. The fourth-order valence-corrected chi connectivity index (χ4v) is 3.45. The molecule has 2 nitrogen and oxygen atoms in total. The van der Waals surface area contributed by atoms with Crippen molar-refractivity contribution in [2.45, 2.75) is 39.3 Å². The van der Waals surface area contributed by atoms with Gasteiger partial charge >= 0.3 is 0 Å². The second kappa shape index (κ2) is 5.60. The van der Waals surface area contributed by atoms with Crippen LogP contribution >= 0.6 is 11.6 Å². The summed E-state index contributed by atoms with van der Waals surface area (Å²) in [6.45, 7) is 8.55. The maximum atomic E-state index is 6.03. The van der Waals surface area contributed by atoms with E-state index in [1.807, 2.05) is 12.1 Å². The van der Waals surface area contributed by atoms with Crippen LogP contribution in [0.4, 0.5) is 0 Å². The van der Waals surface area contributed by atoms with Gasteiger partial charge in [0.15, 0.2) is 0 Å². The van der Waals surface area contributed by atoms with Crippen LogP contribution in [-0.4, -0.2) is 24.0 Å². The van der Waals surface area contributed by atoms with Gasteiger partial charge in [-0.3, -0.25) is 4.90 Å². The van der Waals surface area contributed by atoms with Crippen LogP contribution in [0.3, 0.4) is 0 Å². The molecule has 1 aromatic carbocycles. The second-order valence-corrected chi connectivity index (χ2v) is 6.08. The predicted octanol–water partition coefficient (Wildman–Crippen LogP) is 3.38. The average Bonchev–Trinajstić information content (AvgIpc) is 2.62. The fourth-order valence-electron chi connectivity index (χ4n) is 3.22. The number of aryl methyl sites for hydroxylation is 1. The van der Waals surface area contributed by atoms with Crippen LogP contribution in [0.15, 0.2) is 18.2 Å². The third-order valence-corrected chi connectivity index (χ3v) is 4.28. The zero-order chi connectivity index (χ0) is 13.3. The average molecular weight is 267 g/mol. The van der Waals surface area contributed by atoms with E-state index in [1.54, 1.807) is 0 Å². The molecule has 1 heterocycles. The number of nitrogens with two attached hydrogens (primary N) is 1. The van der Waals surface area contributed by atoms with Gasteiger partial charge in [-0.15, -0.1) is 0 Å². The van der Waals surface area contributed by atoms with Crippen molar-refractivity contribution < 1.29 is 0 Å².